The predicted octanol–water partition coefficient (Wildman–Crippen LogP) is 2.03. The van der Waals surface area contributed by atoms with Crippen LogP contribution in [0.2, 0.25) is 5.02 Å². The fraction of sp³-hybridized carbons (Fsp3) is 0.231. The van der Waals surface area contributed by atoms with Crippen LogP contribution in [0.25, 0.3) is 10.9 Å². The number of halogens is 1. The van der Waals surface area contributed by atoms with Gasteiger partial charge < -0.3 is 20.1 Å². The Kier molecular flexibility index (Phi) is 3.85. The molecule has 7 heteroatoms. The second-order valence-electron chi connectivity index (χ2n) is 4.29. The lowest BCUT2D eigenvalue weighted by Crippen LogP contribution is -2.38. The molecule has 1 heterocycles. The molecule has 0 bridgehead atoms. The number of aliphatic carboxylic acids is 1. The molecule has 0 spiro atoms. The van der Waals surface area contributed by atoms with Gasteiger partial charge in [0.2, 0.25) is 0 Å². The van der Waals surface area contributed by atoms with Crippen molar-refractivity contribution in [3.8, 4) is 5.75 Å². The van der Waals surface area contributed by atoms with Gasteiger partial charge in [-0.3, -0.25) is 9.59 Å². The average molecular weight is 297 g/mol. The van der Waals surface area contributed by atoms with Crippen LogP contribution in [0.5, 0.6) is 5.75 Å². The molecule has 20 heavy (non-hydrogen) atoms. The van der Waals surface area contributed by atoms with E-state index in [1.807, 2.05) is 0 Å². The quantitative estimate of drug-likeness (QED) is 0.805. The number of nitrogens with one attached hydrogen (secondary N) is 2. The van der Waals surface area contributed by atoms with Crippen molar-refractivity contribution in [2.45, 2.75) is 13.0 Å². The van der Waals surface area contributed by atoms with Crippen molar-refractivity contribution in [3.05, 3.63) is 28.9 Å². The van der Waals surface area contributed by atoms with E-state index in [0.717, 1.165) is 0 Å². The number of amides is 1. The third-order valence-corrected chi connectivity index (χ3v) is 3.07. The number of carboxylic acids is 1. The first-order valence-electron chi connectivity index (χ1n) is 5.82. The highest BCUT2D eigenvalue weighted by Crippen LogP contribution is 2.30. The predicted molar refractivity (Wildman–Crippen MR) is 74.4 cm³/mol. The van der Waals surface area contributed by atoms with E-state index in [-0.39, 0.29) is 5.69 Å². The number of carbonyl (C=O) groups excluding carboxylic acids is 1. The first kappa shape index (κ1) is 14.2. The Bertz CT molecular complexity index is 680. The molecule has 2 rings (SSSR count). The Labute approximate surface area is 119 Å². The summed E-state index contributed by atoms with van der Waals surface area (Å²) in [5, 5.41) is 12.3. The van der Waals surface area contributed by atoms with E-state index in [1.54, 1.807) is 18.2 Å². The van der Waals surface area contributed by atoms with Gasteiger partial charge in [-0.1, -0.05) is 11.6 Å². The number of H-pyrrole nitrogens is 1. The molecule has 0 unspecified atom stereocenters. The van der Waals surface area contributed by atoms with Crippen LogP contribution < -0.4 is 10.1 Å². The van der Waals surface area contributed by atoms with E-state index >= 15 is 0 Å². The minimum atomic E-state index is -1.10. The van der Waals surface area contributed by atoms with Gasteiger partial charge in [0, 0.05) is 10.4 Å². The number of benzene rings is 1. The average Bonchev–Trinajstić information content (AvgIpc) is 2.81. The summed E-state index contributed by atoms with van der Waals surface area (Å²) in [6.45, 7) is 1.39. The van der Waals surface area contributed by atoms with E-state index in [9.17, 15) is 9.59 Å². The van der Waals surface area contributed by atoms with Crippen LogP contribution in [0, 0.1) is 0 Å². The number of rotatable bonds is 4. The first-order chi connectivity index (χ1) is 9.42. The van der Waals surface area contributed by atoms with E-state index in [0.29, 0.717) is 21.7 Å². The molecule has 1 atom stereocenters. The van der Waals surface area contributed by atoms with Gasteiger partial charge in [0.1, 0.15) is 17.5 Å². The van der Waals surface area contributed by atoms with Crippen LogP contribution in [0.3, 0.4) is 0 Å². The van der Waals surface area contributed by atoms with Gasteiger partial charge in [-0.15, -0.1) is 0 Å². The molecular weight excluding hydrogens is 284 g/mol. The van der Waals surface area contributed by atoms with Gasteiger partial charge in [-0.25, -0.2) is 0 Å². The maximum atomic E-state index is 11.9. The summed E-state index contributed by atoms with van der Waals surface area (Å²) in [6, 6.07) is 3.92. The molecule has 0 radical (unpaired) electrons. The Morgan fingerprint density at radius 3 is 2.70 bits per heavy atom. The van der Waals surface area contributed by atoms with Gasteiger partial charge in [-0.2, -0.15) is 0 Å². The SMILES string of the molecule is COc1cc(Cl)cc2[nH]c(C(=O)N[C@@H](C)C(=O)O)cc12. The fourth-order valence-corrected chi connectivity index (χ4v) is 2.01. The largest absolute Gasteiger partial charge is 0.496 e. The lowest BCUT2D eigenvalue weighted by Gasteiger charge is -2.07. The van der Waals surface area contributed by atoms with Gasteiger partial charge >= 0.3 is 5.97 Å². The number of carboxylic acid groups (broad SMARTS) is 1. The molecule has 1 amide bonds. The molecule has 1 aromatic carbocycles. The van der Waals surface area contributed by atoms with Crippen LogP contribution in [-0.2, 0) is 4.79 Å². The molecule has 2 aromatic rings. The van der Waals surface area contributed by atoms with Gasteiger partial charge in [0.25, 0.3) is 5.91 Å². The van der Waals surface area contributed by atoms with E-state index in [2.05, 4.69) is 10.3 Å². The first-order valence-corrected chi connectivity index (χ1v) is 6.20. The molecule has 3 N–H and O–H groups in total. The highest BCUT2D eigenvalue weighted by Gasteiger charge is 2.18. The van der Waals surface area contributed by atoms with Crippen molar-refractivity contribution in [2.75, 3.05) is 7.11 Å². The topological polar surface area (TPSA) is 91.4 Å². The Hall–Kier alpha value is -2.21. The third kappa shape index (κ3) is 2.70. The van der Waals surface area contributed by atoms with Crippen LogP contribution in [-0.4, -0.2) is 35.1 Å². The Balaban J connectivity index is 2.36. The van der Waals surface area contributed by atoms with Crippen LogP contribution in [0.1, 0.15) is 17.4 Å². The monoisotopic (exact) mass is 296 g/mol. The summed E-state index contributed by atoms with van der Waals surface area (Å²) >= 11 is 5.94. The Morgan fingerprint density at radius 1 is 1.40 bits per heavy atom. The summed E-state index contributed by atoms with van der Waals surface area (Å²) in [5.74, 6) is -1.07. The fourth-order valence-electron chi connectivity index (χ4n) is 1.80. The molecule has 0 saturated heterocycles. The summed E-state index contributed by atoms with van der Waals surface area (Å²) < 4.78 is 5.19. The zero-order valence-electron chi connectivity index (χ0n) is 10.9. The second kappa shape index (κ2) is 5.42. The van der Waals surface area contributed by atoms with Gasteiger partial charge in [0.15, 0.2) is 0 Å². The lowest BCUT2D eigenvalue weighted by molar-refractivity contribution is -0.138. The third-order valence-electron chi connectivity index (χ3n) is 2.85. The maximum absolute atomic E-state index is 11.9. The number of hydrogen-bond donors (Lipinski definition) is 3. The van der Waals surface area contributed by atoms with Gasteiger partial charge in [-0.05, 0) is 25.1 Å². The molecule has 0 aliphatic heterocycles. The number of aromatic amines is 1. The van der Waals surface area contributed by atoms with Crippen molar-refractivity contribution >= 4 is 34.4 Å². The van der Waals surface area contributed by atoms with E-state index in [4.69, 9.17) is 21.4 Å². The number of methoxy groups -OCH3 is 1. The molecule has 0 saturated carbocycles. The van der Waals surface area contributed by atoms with Crippen LogP contribution >= 0.6 is 11.6 Å². The maximum Gasteiger partial charge on any atom is 0.325 e. The molecule has 0 aliphatic rings. The molecule has 0 fully saturated rings. The minimum Gasteiger partial charge on any atom is -0.496 e. The zero-order chi connectivity index (χ0) is 14.9. The van der Waals surface area contributed by atoms with Crippen LogP contribution in [0.15, 0.2) is 18.2 Å². The molecular formula is C13H13ClN2O4. The number of ether oxygens (including phenoxy) is 1. The van der Waals surface area contributed by atoms with Crippen molar-refractivity contribution in [1.29, 1.82) is 0 Å². The van der Waals surface area contributed by atoms with E-state index in [1.165, 1.54) is 14.0 Å². The standard InChI is InChI=1S/C13H13ClN2O4/c1-6(13(18)19)15-12(17)10-5-8-9(16-10)3-7(14)4-11(8)20-2/h3-6,16H,1-2H3,(H,15,17)(H,18,19)/t6-/m0/s1. The molecule has 106 valence electrons. The number of carbonyl (C=O) groups is 2. The lowest BCUT2D eigenvalue weighted by atomic mass is 10.2. The number of fused-ring (bicyclic) bond motifs is 1. The molecule has 6 nitrogen and oxygen atoms in total. The number of aromatic nitrogens is 1. The smallest absolute Gasteiger partial charge is 0.325 e. The van der Waals surface area contributed by atoms with Crippen LogP contribution in [0.4, 0.5) is 0 Å². The number of hydrogen-bond acceptors (Lipinski definition) is 3. The summed E-state index contributed by atoms with van der Waals surface area (Å²) in [4.78, 5) is 25.5. The summed E-state index contributed by atoms with van der Waals surface area (Å²) in [7, 11) is 1.50. The summed E-state index contributed by atoms with van der Waals surface area (Å²) in [6.07, 6.45) is 0. The van der Waals surface area contributed by atoms with Crippen molar-refractivity contribution in [2.24, 2.45) is 0 Å². The molecule has 0 aliphatic carbocycles. The normalized spacial score (nSPS) is 12.2. The zero-order valence-corrected chi connectivity index (χ0v) is 11.6. The summed E-state index contributed by atoms with van der Waals surface area (Å²) in [5.41, 5.74) is 0.885. The van der Waals surface area contributed by atoms with E-state index < -0.39 is 17.9 Å². The Morgan fingerprint density at radius 2 is 2.10 bits per heavy atom. The highest BCUT2D eigenvalue weighted by molar-refractivity contribution is 6.31. The van der Waals surface area contributed by atoms with Crippen molar-refractivity contribution < 1.29 is 19.4 Å². The minimum absolute atomic E-state index is 0.244. The highest BCUT2D eigenvalue weighted by atomic mass is 35.5. The van der Waals surface area contributed by atoms with Crippen molar-refractivity contribution in [1.82, 2.24) is 10.3 Å². The molecule has 1 aromatic heterocycles. The van der Waals surface area contributed by atoms with Crippen molar-refractivity contribution in [3.63, 3.8) is 0 Å². The van der Waals surface area contributed by atoms with Gasteiger partial charge in [0.05, 0.1) is 12.6 Å². The second-order valence-corrected chi connectivity index (χ2v) is 4.72.